The Labute approximate surface area is 141 Å². The first-order valence-electron chi connectivity index (χ1n) is 7.53. The number of carbonyl (C=O) groups is 1. The quantitative estimate of drug-likeness (QED) is 0.714. The number of rotatable bonds is 7. The van der Waals surface area contributed by atoms with Gasteiger partial charge in [0, 0.05) is 19.6 Å². The number of sulfonamides is 2. The van der Waals surface area contributed by atoms with Crippen LogP contribution in [0.4, 0.5) is 0 Å². The SMILES string of the molecule is O=C(O)c1cccc(S(=O)(=O)NCCS(=O)(=O)N2CCCCC2)c1. The zero-order valence-electron chi connectivity index (χ0n) is 13.0. The van der Waals surface area contributed by atoms with Crippen molar-refractivity contribution in [3.8, 4) is 0 Å². The lowest BCUT2D eigenvalue weighted by atomic mass is 10.2. The number of hydrogen-bond donors (Lipinski definition) is 2. The lowest BCUT2D eigenvalue weighted by Crippen LogP contribution is -2.40. The maximum Gasteiger partial charge on any atom is 0.335 e. The van der Waals surface area contributed by atoms with Gasteiger partial charge in [-0.1, -0.05) is 12.5 Å². The Hall–Kier alpha value is -1.49. The van der Waals surface area contributed by atoms with Gasteiger partial charge in [-0.2, -0.15) is 0 Å². The highest BCUT2D eigenvalue weighted by Gasteiger charge is 2.24. The number of piperidine rings is 1. The van der Waals surface area contributed by atoms with Gasteiger partial charge >= 0.3 is 5.97 Å². The number of hydrogen-bond acceptors (Lipinski definition) is 5. The van der Waals surface area contributed by atoms with E-state index in [1.165, 1.54) is 22.5 Å². The van der Waals surface area contributed by atoms with Crippen LogP contribution in [-0.4, -0.2) is 57.6 Å². The third kappa shape index (κ3) is 4.76. The van der Waals surface area contributed by atoms with Crippen LogP contribution in [0, 0.1) is 0 Å². The van der Waals surface area contributed by atoms with E-state index in [1.54, 1.807) is 0 Å². The molecule has 2 rings (SSSR count). The van der Waals surface area contributed by atoms with Crippen molar-refractivity contribution in [1.82, 2.24) is 9.03 Å². The van der Waals surface area contributed by atoms with Crippen LogP contribution in [0.1, 0.15) is 29.6 Å². The van der Waals surface area contributed by atoms with Crippen LogP contribution in [0.3, 0.4) is 0 Å². The smallest absolute Gasteiger partial charge is 0.335 e. The van der Waals surface area contributed by atoms with Gasteiger partial charge in [0.15, 0.2) is 0 Å². The maximum absolute atomic E-state index is 12.2. The largest absolute Gasteiger partial charge is 0.478 e. The van der Waals surface area contributed by atoms with Crippen molar-refractivity contribution in [3.63, 3.8) is 0 Å². The summed E-state index contributed by atoms with van der Waals surface area (Å²) in [6, 6.07) is 4.89. The first-order chi connectivity index (χ1) is 11.2. The van der Waals surface area contributed by atoms with Crippen molar-refractivity contribution in [2.45, 2.75) is 24.2 Å². The van der Waals surface area contributed by atoms with Gasteiger partial charge in [0.25, 0.3) is 0 Å². The van der Waals surface area contributed by atoms with Crippen LogP contribution in [-0.2, 0) is 20.0 Å². The van der Waals surface area contributed by atoms with E-state index < -0.39 is 26.0 Å². The average molecular weight is 376 g/mol. The molecule has 134 valence electrons. The predicted molar refractivity (Wildman–Crippen MR) is 87.8 cm³/mol. The van der Waals surface area contributed by atoms with Gasteiger partial charge < -0.3 is 5.11 Å². The minimum absolute atomic E-state index is 0.154. The summed E-state index contributed by atoms with van der Waals surface area (Å²) in [5.41, 5.74) is -0.154. The highest BCUT2D eigenvalue weighted by atomic mass is 32.2. The molecule has 1 aliphatic rings. The fraction of sp³-hybridized carbons (Fsp3) is 0.500. The minimum Gasteiger partial charge on any atom is -0.478 e. The van der Waals surface area contributed by atoms with E-state index in [0.29, 0.717) is 13.1 Å². The van der Waals surface area contributed by atoms with Crippen molar-refractivity contribution < 1.29 is 26.7 Å². The van der Waals surface area contributed by atoms with Crippen molar-refractivity contribution in [1.29, 1.82) is 0 Å². The number of carboxylic acid groups (broad SMARTS) is 1. The van der Waals surface area contributed by atoms with Gasteiger partial charge in [-0.3, -0.25) is 0 Å². The predicted octanol–water partition coefficient (Wildman–Crippen LogP) is 0.479. The summed E-state index contributed by atoms with van der Waals surface area (Å²) in [5.74, 6) is -1.56. The Morgan fingerprint density at radius 3 is 2.42 bits per heavy atom. The topological polar surface area (TPSA) is 121 Å². The van der Waals surface area contributed by atoms with Gasteiger partial charge in [-0.25, -0.2) is 30.7 Å². The second-order valence-corrected chi connectivity index (χ2v) is 9.36. The molecule has 0 spiro atoms. The molecule has 10 heteroatoms. The second kappa shape index (κ2) is 7.60. The van der Waals surface area contributed by atoms with Gasteiger partial charge in [0.05, 0.1) is 16.2 Å². The van der Waals surface area contributed by atoms with Crippen LogP contribution < -0.4 is 4.72 Å². The molecule has 0 aromatic heterocycles. The monoisotopic (exact) mass is 376 g/mol. The van der Waals surface area contributed by atoms with Crippen LogP contribution in [0.5, 0.6) is 0 Å². The highest BCUT2D eigenvalue weighted by molar-refractivity contribution is 7.90. The minimum atomic E-state index is -3.97. The van der Waals surface area contributed by atoms with Gasteiger partial charge in [-0.05, 0) is 31.0 Å². The summed E-state index contributed by atoms with van der Waals surface area (Å²) in [7, 11) is -7.46. The Balaban J connectivity index is 2.00. The van der Waals surface area contributed by atoms with Crippen molar-refractivity contribution in [2.24, 2.45) is 0 Å². The van der Waals surface area contributed by atoms with E-state index in [0.717, 1.165) is 25.3 Å². The summed E-state index contributed by atoms with van der Waals surface area (Å²) in [4.78, 5) is 10.7. The lowest BCUT2D eigenvalue weighted by Gasteiger charge is -2.25. The third-order valence-corrected chi connectivity index (χ3v) is 7.08. The number of carboxylic acids is 1. The Kier molecular flexibility index (Phi) is 5.97. The van der Waals surface area contributed by atoms with E-state index in [2.05, 4.69) is 4.72 Å². The van der Waals surface area contributed by atoms with Crippen LogP contribution >= 0.6 is 0 Å². The van der Waals surface area contributed by atoms with Crippen molar-refractivity contribution in [2.75, 3.05) is 25.4 Å². The van der Waals surface area contributed by atoms with Crippen LogP contribution in [0.2, 0.25) is 0 Å². The van der Waals surface area contributed by atoms with E-state index in [4.69, 9.17) is 5.11 Å². The lowest BCUT2D eigenvalue weighted by molar-refractivity contribution is 0.0696. The number of aromatic carboxylic acids is 1. The maximum atomic E-state index is 12.2. The summed E-state index contributed by atoms with van der Waals surface area (Å²) in [5, 5.41) is 8.90. The molecule has 0 saturated carbocycles. The van der Waals surface area contributed by atoms with Gasteiger partial charge in [0.1, 0.15) is 0 Å². The molecule has 1 saturated heterocycles. The molecule has 24 heavy (non-hydrogen) atoms. The molecule has 1 fully saturated rings. The molecule has 0 aliphatic carbocycles. The van der Waals surface area contributed by atoms with E-state index in [9.17, 15) is 21.6 Å². The molecule has 2 N–H and O–H groups in total. The summed E-state index contributed by atoms with van der Waals surface area (Å²) in [6.45, 7) is 0.671. The molecule has 0 bridgehead atoms. The van der Waals surface area contributed by atoms with Gasteiger partial charge in [-0.15, -0.1) is 0 Å². The van der Waals surface area contributed by atoms with Crippen LogP contribution in [0.25, 0.3) is 0 Å². The first kappa shape index (κ1) is 18.8. The first-order valence-corrected chi connectivity index (χ1v) is 10.6. The van der Waals surface area contributed by atoms with Crippen molar-refractivity contribution in [3.05, 3.63) is 29.8 Å². The van der Waals surface area contributed by atoms with Gasteiger partial charge in [0.2, 0.25) is 20.0 Å². The highest BCUT2D eigenvalue weighted by Crippen LogP contribution is 2.14. The Morgan fingerprint density at radius 1 is 1.12 bits per heavy atom. The normalized spacial score (nSPS) is 16.8. The molecule has 1 heterocycles. The molecule has 0 amide bonds. The zero-order valence-corrected chi connectivity index (χ0v) is 14.6. The second-order valence-electron chi connectivity index (χ2n) is 5.51. The summed E-state index contributed by atoms with van der Waals surface area (Å²) in [6.07, 6.45) is 2.62. The van der Waals surface area contributed by atoms with Crippen LogP contribution in [0.15, 0.2) is 29.2 Å². The van der Waals surface area contributed by atoms with E-state index in [1.807, 2.05) is 0 Å². The average Bonchev–Trinajstić information content (AvgIpc) is 2.55. The Morgan fingerprint density at radius 2 is 1.79 bits per heavy atom. The molecule has 0 radical (unpaired) electrons. The molecule has 0 atom stereocenters. The van der Waals surface area contributed by atoms with Crippen molar-refractivity contribution >= 4 is 26.0 Å². The fourth-order valence-corrected chi connectivity index (χ4v) is 5.10. The molecule has 8 nitrogen and oxygen atoms in total. The number of benzene rings is 1. The molecule has 1 aliphatic heterocycles. The fourth-order valence-electron chi connectivity index (χ4n) is 2.46. The number of nitrogens with zero attached hydrogens (tertiary/aromatic N) is 1. The van der Waals surface area contributed by atoms with E-state index in [-0.39, 0.29) is 22.8 Å². The molecule has 1 aromatic carbocycles. The third-order valence-electron chi connectivity index (χ3n) is 3.75. The van der Waals surface area contributed by atoms with E-state index >= 15 is 0 Å². The number of nitrogens with one attached hydrogen (secondary N) is 1. The summed E-state index contributed by atoms with van der Waals surface area (Å²) < 4.78 is 52.2. The molecule has 1 aromatic rings. The standard InChI is InChI=1S/C14H20N2O6S2/c17-14(18)12-5-4-6-13(11-12)24(21,22)15-7-10-23(19,20)16-8-2-1-3-9-16/h4-6,11,15H,1-3,7-10H2,(H,17,18). The zero-order chi connectivity index (χ0) is 17.8. The molecular weight excluding hydrogens is 356 g/mol. The summed E-state index contributed by atoms with van der Waals surface area (Å²) >= 11 is 0. The molecular formula is C14H20N2O6S2. The Bertz CT molecular complexity index is 798. The molecule has 0 unspecified atom stereocenters.